The number of phosphoric acid groups is 1. The number of aliphatic hydroxyl groups is 1. The van der Waals surface area contributed by atoms with E-state index in [-0.39, 0.29) is 12.5 Å². The summed E-state index contributed by atoms with van der Waals surface area (Å²) >= 11 is 0. The van der Waals surface area contributed by atoms with Gasteiger partial charge in [-0.3, -0.25) is 9.36 Å². The first-order valence-corrected chi connectivity index (χ1v) is 22.1. The highest BCUT2D eigenvalue weighted by Crippen LogP contribution is 2.38. The van der Waals surface area contributed by atoms with Crippen LogP contribution >= 0.6 is 7.82 Å². The Morgan fingerprint density at radius 2 is 1.08 bits per heavy atom. The van der Waals surface area contributed by atoms with Crippen LogP contribution in [0, 0.1) is 0 Å². The summed E-state index contributed by atoms with van der Waals surface area (Å²) in [5.41, 5.74) is 0. The van der Waals surface area contributed by atoms with Crippen LogP contribution in [0.25, 0.3) is 0 Å². The van der Waals surface area contributed by atoms with Gasteiger partial charge in [0.1, 0.15) is 13.2 Å². The van der Waals surface area contributed by atoms with Crippen molar-refractivity contribution in [1.82, 2.24) is 5.32 Å². The maximum atomic E-state index is 12.1. The summed E-state index contributed by atoms with van der Waals surface area (Å²) < 4.78 is 22.5. The number of nitrogens with zero attached hydrogens (tertiary/aromatic N) is 1. The fourth-order valence-corrected chi connectivity index (χ4v) is 6.69. The lowest BCUT2D eigenvalue weighted by molar-refractivity contribution is -0.870. The molecule has 50 heavy (non-hydrogen) atoms. The highest BCUT2D eigenvalue weighted by molar-refractivity contribution is 7.45. The SMILES string of the molecule is CCCCCCCCCCCCCCCCCCCCCCCCC/C=C/CC/C=C/C(O)C(COP(=O)([O-])OCC[N+](C)(C)C)NC(C)=O. The number of rotatable bonds is 37. The Hall–Kier alpha value is -1.02. The molecule has 8 nitrogen and oxygen atoms in total. The molecule has 0 aliphatic rings. The van der Waals surface area contributed by atoms with Gasteiger partial charge < -0.3 is 28.8 Å². The average molecular weight is 729 g/mol. The molecule has 3 unspecified atom stereocenters. The van der Waals surface area contributed by atoms with Crippen molar-refractivity contribution in [2.75, 3.05) is 40.9 Å². The number of phosphoric ester groups is 1. The first-order chi connectivity index (χ1) is 24.0. The van der Waals surface area contributed by atoms with E-state index < -0.39 is 26.6 Å². The molecule has 3 atom stereocenters. The number of hydrogen-bond donors (Lipinski definition) is 2. The molecule has 0 saturated carbocycles. The topological polar surface area (TPSA) is 108 Å². The van der Waals surface area contributed by atoms with Gasteiger partial charge in [0.05, 0.1) is 39.9 Å². The number of nitrogens with one attached hydrogen (secondary N) is 1. The maximum Gasteiger partial charge on any atom is 0.268 e. The molecule has 0 radical (unpaired) electrons. The lowest BCUT2D eigenvalue weighted by Crippen LogP contribution is -2.45. The van der Waals surface area contributed by atoms with E-state index in [1.807, 2.05) is 27.2 Å². The van der Waals surface area contributed by atoms with Crippen molar-refractivity contribution in [3.05, 3.63) is 24.3 Å². The van der Waals surface area contributed by atoms with Crippen molar-refractivity contribution < 1.29 is 32.9 Å². The molecule has 0 saturated heterocycles. The molecular formula is C41H81N2O6P. The van der Waals surface area contributed by atoms with Crippen LogP contribution in [0.15, 0.2) is 24.3 Å². The number of unbranched alkanes of at least 4 members (excludes halogenated alkanes) is 24. The molecule has 0 fully saturated rings. The van der Waals surface area contributed by atoms with Gasteiger partial charge in [-0.2, -0.15) is 0 Å². The predicted octanol–water partition coefficient (Wildman–Crippen LogP) is 10.3. The zero-order chi connectivity index (χ0) is 37.2. The normalized spacial score (nSPS) is 14.8. The van der Waals surface area contributed by atoms with Crippen molar-refractivity contribution in [3.8, 4) is 0 Å². The second-order valence-electron chi connectivity index (χ2n) is 15.4. The second-order valence-corrected chi connectivity index (χ2v) is 16.8. The lowest BCUT2D eigenvalue weighted by Gasteiger charge is -2.29. The molecule has 0 aliphatic carbocycles. The smallest absolute Gasteiger partial charge is 0.268 e. The highest BCUT2D eigenvalue weighted by Gasteiger charge is 2.22. The minimum atomic E-state index is -4.55. The third-order valence-corrected chi connectivity index (χ3v) is 10.2. The number of quaternary nitrogens is 1. The maximum absolute atomic E-state index is 12.1. The van der Waals surface area contributed by atoms with E-state index in [1.165, 1.54) is 155 Å². The van der Waals surface area contributed by atoms with Crippen molar-refractivity contribution in [3.63, 3.8) is 0 Å². The first-order valence-electron chi connectivity index (χ1n) is 20.6. The van der Waals surface area contributed by atoms with Crippen LogP contribution in [-0.2, 0) is 18.4 Å². The number of carbonyl (C=O) groups is 1. The molecule has 0 spiro atoms. The molecule has 0 aromatic carbocycles. The number of likely N-dealkylation sites (N-methyl/N-ethyl adjacent to an activating group) is 1. The molecule has 0 heterocycles. The summed E-state index contributed by atoms with van der Waals surface area (Å²) in [6.07, 6.45) is 41.8. The van der Waals surface area contributed by atoms with Crippen molar-refractivity contribution in [2.45, 2.75) is 193 Å². The Balaban J connectivity index is 3.68. The number of hydrogen-bond acceptors (Lipinski definition) is 6. The number of aliphatic hydroxyl groups excluding tert-OH is 1. The van der Waals surface area contributed by atoms with Crippen LogP contribution in [-0.4, -0.2) is 68.5 Å². The van der Waals surface area contributed by atoms with Gasteiger partial charge in [0.2, 0.25) is 5.91 Å². The third kappa shape index (κ3) is 36.8. The largest absolute Gasteiger partial charge is 0.756 e. The van der Waals surface area contributed by atoms with Crippen LogP contribution in [0.4, 0.5) is 0 Å². The van der Waals surface area contributed by atoms with Gasteiger partial charge in [-0.05, 0) is 25.7 Å². The standard InChI is InChI=1S/C41H81N2O6P/c1-6-7-8-9-10-11-12-13-14-15-16-17-18-19-20-21-22-23-24-25-26-27-28-29-30-31-32-33-34-35-41(45)40(42-39(2)44)38-49-50(46,47)48-37-36-43(3,4)5/h30-31,34-35,40-41,45H,6-29,32-33,36-38H2,1-5H3,(H-,42,44,46,47)/b31-30+,35-34+. The monoisotopic (exact) mass is 729 g/mol. The Morgan fingerprint density at radius 3 is 1.50 bits per heavy atom. The van der Waals surface area contributed by atoms with Crippen LogP contribution in [0.5, 0.6) is 0 Å². The molecule has 0 aromatic rings. The third-order valence-electron chi connectivity index (χ3n) is 9.20. The zero-order valence-corrected chi connectivity index (χ0v) is 34.2. The summed E-state index contributed by atoms with van der Waals surface area (Å²) in [7, 11) is 1.23. The molecule has 1 amide bonds. The van der Waals surface area contributed by atoms with Gasteiger partial charge >= 0.3 is 0 Å². The Kier molecular flexibility index (Phi) is 33.1. The summed E-state index contributed by atoms with van der Waals surface area (Å²) in [6.45, 7) is 3.68. The van der Waals surface area contributed by atoms with E-state index in [9.17, 15) is 19.4 Å². The predicted molar refractivity (Wildman–Crippen MR) is 210 cm³/mol. The quantitative estimate of drug-likeness (QED) is 0.0285. The summed E-state index contributed by atoms with van der Waals surface area (Å²) in [5, 5.41) is 13.1. The molecule has 2 N–H and O–H groups in total. The van der Waals surface area contributed by atoms with E-state index in [2.05, 4.69) is 24.4 Å². The van der Waals surface area contributed by atoms with E-state index in [1.54, 1.807) is 6.08 Å². The van der Waals surface area contributed by atoms with Crippen LogP contribution in [0.2, 0.25) is 0 Å². The van der Waals surface area contributed by atoms with E-state index in [0.717, 1.165) is 19.3 Å². The van der Waals surface area contributed by atoms with Gasteiger partial charge in [-0.15, -0.1) is 0 Å². The number of amides is 1. The summed E-state index contributed by atoms with van der Waals surface area (Å²) in [4.78, 5) is 23.7. The van der Waals surface area contributed by atoms with Gasteiger partial charge in [-0.25, -0.2) is 0 Å². The van der Waals surface area contributed by atoms with Gasteiger partial charge in [-0.1, -0.05) is 172 Å². The fraction of sp³-hybridized carbons (Fsp3) is 0.878. The second kappa shape index (κ2) is 33.8. The van der Waals surface area contributed by atoms with Crippen LogP contribution in [0.1, 0.15) is 181 Å². The molecule has 0 aromatic heterocycles. The van der Waals surface area contributed by atoms with Crippen molar-refractivity contribution in [1.29, 1.82) is 0 Å². The van der Waals surface area contributed by atoms with Gasteiger partial charge in [0, 0.05) is 6.92 Å². The molecule has 0 rings (SSSR count). The minimum Gasteiger partial charge on any atom is -0.756 e. The summed E-state index contributed by atoms with van der Waals surface area (Å²) in [6, 6.07) is -0.901. The summed E-state index contributed by atoms with van der Waals surface area (Å²) in [5.74, 6) is -0.383. The molecular weight excluding hydrogens is 647 g/mol. The van der Waals surface area contributed by atoms with Crippen LogP contribution in [0.3, 0.4) is 0 Å². The van der Waals surface area contributed by atoms with Crippen molar-refractivity contribution in [2.24, 2.45) is 0 Å². The van der Waals surface area contributed by atoms with Crippen molar-refractivity contribution >= 4 is 13.7 Å². The lowest BCUT2D eigenvalue weighted by atomic mass is 10.0. The molecule has 296 valence electrons. The van der Waals surface area contributed by atoms with Gasteiger partial charge in [0.25, 0.3) is 7.82 Å². The molecule has 0 bridgehead atoms. The zero-order valence-electron chi connectivity index (χ0n) is 33.4. The van der Waals surface area contributed by atoms with E-state index in [0.29, 0.717) is 11.0 Å². The highest BCUT2D eigenvalue weighted by atomic mass is 31.2. The van der Waals surface area contributed by atoms with E-state index in [4.69, 9.17) is 9.05 Å². The van der Waals surface area contributed by atoms with Crippen LogP contribution < -0.4 is 10.2 Å². The number of carbonyl (C=O) groups excluding carboxylic acids is 1. The molecule has 0 aliphatic heterocycles. The average Bonchev–Trinajstić information content (AvgIpc) is 3.05. The van der Waals surface area contributed by atoms with E-state index >= 15 is 0 Å². The number of allylic oxidation sites excluding steroid dienone is 3. The Bertz CT molecular complexity index is 876. The fourth-order valence-electron chi connectivity index (χ4n) is 5.97. The first kappa shape index (κ1) is 49.0. The Morgan fingerprint density at radius 1 is 0.680 bits per heavy atom. The Labute approximate surface area is 309 Å². The molecule has 9 heteroatoms. The minimum absolute atomic E-state index is 0.00922. The van der Waals surface area contributed by atoms with Gasteiger partial charge in [0.15, 0.2) is 0 Å².